The average Bonchev–Trinajstić information content (AvgIpc) is 2.83. The number of aromatic nitrogens is 2. The van der Waals surface area contributed by atoms with Gasteiger partial charge in [0.05, 0.1) is 22.4 Å². The second-order valence-electron chi connectivity index (χ2n) is 6.43. The predicted octanol–water partition coefficient (Wildman–Crippen LogP) is 3.97. The lowest BCUT2D eigenvalue weighted by atomic mass is 10.0. The van der Waals surface area contributed by atoms with E-state index in [-0.39, 0.29) is 16.9 Å². The second kappa shape index (κ2) is 6.53. The number of phenols is 1. The first-order chi connectivity index (χ1) is 12.5. The molecule has 0 radical (unpaired) electrons. The number of nitrogens with zero attached hydrogens (tertiary/aromatic N) is 2. The Morgan fingerprint density at radius 2 is 1.81 bits per heavy atom. The van der Waals surface area contributed by atoms with E-state index in [0.29, 0.717) is 5.75 Å². The number of aromatic hydroxyl groups is 1. The Labute approximate surface area is 156 Å². The van der Waals surface area contributed by atoms with Crippen LogP contribution in [0.3, 0.4) is 0 Å². The molecule has 0 saturated carbocycles. The van der Waals surface area contributed by atoms with Crippen LogP contribution in [0.2, 0.25) is 0 Å². The quantitative estimate of drug-likeness (QED) is 0.721. The standard InChI is InChI=1S/C20H19N3O2S/c1-12-3-7-15(8-4-12)23-20-18(13(2)22-23)19(26-11-17(25)21-20)14-5-9-16(24)10-6-14/h3-10,19,24H,11H2,1-2H3,(H,21,25). The van der Waals surface area contributed by atoms with Crippen molar-refractivity contribution in [1.29, 1.82) is 0 Å². The minimum Gasteiger partial charge on any atom is -0.508 e. The Kier molecular flexibility index (Phi) is 4.20. The molecule has 6 heteroatoms. The Morgan fingerprint density at radius 1 is 1.12 bits per heavy atom. The molecule has 1 aromatic heterocycles. The van der Waals surface area contributed by atoms with Crippen LogP contribution in [-0.2, 0) is 4.79 Å². The first kappa shape index (κ1) is 16.7. The number of amides is 1. The highest BCUT2D eigenvalue weighted by atomic mass is 32.2. The van der Waals surface area contributed by atoms with Crippen molar-refractivity contribution >= 4 is 23.5 Å². The number of aryl methyl sites for hydroxylation is 2. The summed E-state index contributed by atoms with van der Waals surface area (Å²) >= 11 is 1.57. The van der Waals surface area contributed by atoms with E-state index >= 15 is 0 Å². The van der Waals surface area contributed by atoms with Crippen LogP contribution in [0.4, 0.5) is 5.82 Å². The lowest BCUT2D eigenvalue weighted by Gasteiger charge is -2.15. The van der Waals surface area contributed by atoms with E-state index in [4.69, 9.17) is 5.10 Å². The van der Waals surface area contributed by atoms with Crippen molar-refractivity contribution < 1.29 is 9.90 Å². The molecule has 1 atom stereocenters. The summed E-state index contributed by atoms with van der Waals surface area (Å²) in [7, 11) is 0. The summed E-state index contributed by atoms with van der Waals surface area (Å²) in [5.74, 6) is 1.28. The maximum atomic E-state index is 12.3. The van der Waals surface area contributed by atoms with Crippen LogP contribution in [-0.4, -0.2) is 26.5 Å². The molecule has 3 aromatic rings. The Bertz CT molecular complexity index is 962. The lowest BCUT2D eigenvalue weighted by molar-refractivity contribution is -0.113. The van der Waals surface area contributed by atoms with Crippen LogP contribution in [0, 0.1) is 13.8 Å². The summed E-state index contributed by atoms with van der Waals surface area (Å²) in [6.07, 6.45) is 0. The van der Waals surface area contributed by atoms with Crippen LogP contribution in [0.15, 0.2) is 48.5 Å². The number of rotatable bonds is 2. The number of anilines is 1. The van der Waals surface area contributed by atoms with Crippen molar-refractivity contribution in [2.45, 2.75) is 19.1 Å². The molecule has 26 heavy (non-hydrogen) atoms. The number of fused-ring (bicyclic) bond motifs is 1. The smallest absolute Gasteiger partial charge is 0.235 e. The van der Waals surface area contributed by atoms with Gasteiger partial charge in [-0.15, -0.1) is 11.8 Å². The molecule has 0 spiro atoms. The third-order valence-corrected chi connectivity index (χ3v) is 5.75. The van der Waals surface area contributed by atoms with Gasteiger partial charge in [-0.2, -0.15) is 5.10 Å². The molecule has 2 aromatic carbocycles. The van der Waals surface area contributed by atoms with E-state index in [1.165, 1.54) is 5.56 Å². The SMILES string of the molecule is Cc1ccc(-n2nc(C)c3c2NC(=O)CSC3c2ccc(O)cc2)cc1. The van der Waals surface area contributed by atoms with Crippen molar-refractivity contribution in [3.8, 4) is 11.4 Å². The normalized spacial score (nSPS) is 16.7. The number of hydrogen-bond acceptors (Lipinski definition) is 4. The summed E-state index contributed by atoms with van der Waals surface area (Å²) in [6.45, 7) is 4.01. The van der Waals surface area contributed by atoms with E-state index in [9.17, 15) is 9.90 Å². The molecule has 2 N–H and O–H groups in total. The zero-order valence-electron chi connectivity index (χ0n) is 14.6. The van der Waals surface area contributed by atoms with E-state index in [2.05, 4.69) is 5.32 Å². The van der Waals surface area contributed by atoms with E-state index in [1.54, 1.807) is 28.6 Å². The van der Waals surface area contributed by atoms with Gasteiger partial charge < -0.3 is 10.4 Å². The van der Waals surface area contributed by atoms with Gasteiger partial charge in [-0.25, -0.2) is 4.68 Å². The van der Waals surface area contributed by atoms with Crippen molar-refractivity contribution in [2.24, 2.45) is 0 Å². The number of thioether (sulfide) groups is 1. The Balaban J connectivity index is 1.87. The maximum absolute atomic E-state index is 12.3. The summed E-state index contributed by atoms with van der Waals surface area (Å²) in [5.41, 5.74) is 5.01. The van der Waals surface area contributed by atoms with E-state index in [0.717, 1.165) is 28.3 Å². The third kappa shape index (κ3) is 2.97. The molecule has 0 fully saturated rings. The molecule has 1 amide bonds. The summed E-state index contributed by atoms with van der Waals surface area (Å²) < 4.78 is 1.81. The van der Waals surface area contributed by atoms with Gasteiger partial charge in [0.15, 0.2) is 0 Å². The largest absolute Gasteiger partial charge is 0.508 e. The molecule has 5 nitrogen and oxygen atoms in total. The molecule has 4 rings (SSSR count). The monoisotopic (exact) mass is 365 g/mol. The fourth-order valence-corrected chi connectivity index (χ4v) is 4.36. The zero-order valence-corrected chi connectivity index (χ0v) is 15.4. The summed E-state index contributed by atoms with van der Waals surface area (Å²) in [6, 6.07) is 15.2. The van der Waals surface area contributed by atoms with Crippen LogP contribution < -0.4 is 5.32 Å². The molecule has 0 saturated heterocycles. The van der Waals surface area contributed by atoms with Gasteiger partial charge in [-0.1, -0.05) is 29.8 Å². The second-order valence-corrected chi connectivity index (χ2v) is 7.52. The molecule has 1 aliphatic rings. The maximum Gasteiger partial charge on any atom is 0.235 e. The number of phenolic OH excluding ortho intramolecular Hbond substituents is 1. The molecular formula is C20H19N3O2S. The van der Waals surface area contributed by atoms with E-state index < -0.39 is 0 Å². The number of carbonyl (C=O) groups is 1. The fourth-order valence-electron chi connectivity index (χ4n) is 3.17. The zero-order chi connectivity index (χ0) is 18.3. The first-order valence-electron chi connectivity index (χ1n) is 8.40. The number of nitrogens with one attached hydrogen (secondary N) is 1. The van der Waals surface area contributed by atoms with Gasteiger partial charge in [-0.05, 0) is 43.7 Å². The van der Waals surface area contributed by atoms with Crippen molar-refractivity contribution in [3.63, 3.8) is 0 Å². The van der Waals surface area contributed by atoms with E-state index in [1.807, 2.05) is 50.2 Å². The van der Waals surface area contributed by atoms with Gasteiger partial charge in [0.2, 0.25) is 5.91 Å². The minimum absolute atomic E-state index is 0.0243. The van der Waals surface area contributed by atoms with Gasteiger partial charge in [0.1, 0.15) is 11.6 Å². The fraction of sp³-hybridized carbons (Fsp3) is 0.200. The summed E-state index contributed by atoms with van der Waals surface area (Å²) in [5, 5.41) is 17.3. The van der Waals surface area contributed by atoms with Gasteiger partial charge in [-0.3, -0.25) is 4.79 Å². The molecule has 0 bridgehead atoms. The molecule has 1 aliphatic heterocycles. The van der Waals surface area contributed by atoms with Crippen LogP contribution in [0.5, 0.6) is 5.75 Å². The molecule has 132 valence electrons. The molecule has 1 unspecified atom stereocenters. The highest BCUT2D eigenvalue weighted by molar-refractivity contribution is 8.00. The Hall–Kier alpha value is -2.73. The number of benzene rings is 2. The molecular weight excluding hydrogens is 346 g/mol. The predicted molar refractivity (Wildman–Crippen MR) is 104 cm³/mol. The van der Waals surface area contributed by atoms with Gasteiger partial charge in [0.25, 0.3) is 0 Å². The van der Waals surface area contributed by atoms with Crippen molar-refractivity contribution in [3.05, 3.63) is 70.9 Å². The molecule has 2 heterocycles. The highest BCUT2D eigenvalue weighted by Crippen LogP contribution is 2.44. The minimum atomic E-state index is -0.0363. The van der Waals surface area contributed by atoms with Gasteiger partial charge >= 0.3 is 0 Å². The van der Waals surface area contributed by atoms with Crippen molar-refractivity contribution in [1.82, 2.24) is 9.78 Å². The van der Waals surface area contributed by atoms with Crippen molar-refractivity contribution in [2.75, 3.05) is 11.1 Å². The van der Waals surface area contributed by atoms with Crippen LogP contribution in [0.1, 0.15) is 27.6 Å². The topological polar surface area (TPSA) is 67.2 Å². The lowest BCUT2D eigenvalue weighted by Crippen LogP contribution is -2.15. The number of carbonyl (C=O) groups excluding carboxylic acids is 1. The average molecular weight is 365 g/mol. The highest BCUT2D eigenvalue weighted by Gasteiger charge is 2.30. The van der Waals surface area contributed by atoms with Gasteiger partial charge in [0, 0.05) is 5.56 Å². The third-order valence-electron chi connectivity index (χ3n) is 4.48. The molecule has 0 aliphatic carbocycles. The Morgan fingerprint density at radius 3 is 2.50 bits per heavy atom. The number of hydrogen-bond donors (Lipinski definition) is 2. The first-order valence-corrected chi connectivity index (χ1v) is 9.45. The summed E-state index contributed by atoms with van der Waals surface area (Å²) in [4.78, 5) is 12.3. The van der Waals surface area contributed by atoms with Crippen LogP contribution >= 0.6 is 11.8 Å². The van der Waals surface area contributed by atoms with Crippen LogP contribution in [0.25, 0.3) is 5.69 Å².